The van der Waals surface area contributed by atoms with E-state index in [0.717, 1.165) is 55.8 Å². The molecule has 0 radical (unpaired) electrons. The Morgan fingerprint density at radius 3 is 2.06 bits per heavy atom. The lowest BCUT2D eigenvalue weighted by atomic mass is 10.1. The number of thioether (sulfide) groups is 1. The maximum Gasteiger partial charge on any atom is 0.490 e. The van der Waals surface area contributed by atoms with Crippen molar-refractivity contribution in [1.29, 1.82) is 0 Å². The molecule has 14 heteroatoms. The number of carboxylic acid groups (broad SMARTS) is 2. The highest BCUT2D eigenvalue weighted by atomic mass is 32.2. The van der Waals surface area contributed by atoms with Crippen LogP contribution in [0.3, 0.4) is 0 Å². The molecule has 1 saturated heterocycles. The zero-order valence-electron chi connectivity index (χ0n) is 26.6. The maximum atomic E-state index is 13.6. The van der Waals surface area contributed by atoms with Crippen LogP contribution in [-0.4, -0.2) is 70.3 Å². The second-order valence-electron chi connectivity index (χ2n) is 11.4. The molecule has 0 saturated carbocycles. The number of aryl methyl sites for hydroxylation is 2. The number of amides is 1. The summed E-state index contributed by atoms with van der Waals surface area (Å²) in [5, 5.41) is 20.4. The molecule has 0 spiro atoms. The number of morpholine rings is 1. The molecule has 1 aliphatic heterocycles. The Balaban J connectivity index is 0.000000671. The second-order valence-corrected chi connectivity index (χ2v) is 14.1. The Morgan fingerprint density at radius 1 is 0.917 bits per heavy atom. The van der Waals surface area contributed by atoms with Crippen molar-refractivity contribution in [3.05, 3.63) is 83.6 Å². The van der Waals surface area contributed by atoms with Crippen LogP contribution in [0.2, 0.25) is 0 Å². The van der Waals surface area contributed by atoms with Gasteiger partial charge >= 0.3 is 18.1 Å². The SMILES string of the molecule is Cc1ccc(-c2sc(-c3ccc(SC(C)(C)C(=O)O)cc3C)nc2C(=O)Nc2ccc(N3CCOCC3)cc2)cc1.O=C(O)C(F)(F)F. The third kappa shape index (κ3) is 9.36. The van der Waals surface area contributed by atoms with E-state index in [-0.39, 0.29) is 5.91 Å². The summed E-state index contributed by atoms with van der Waals surface area (Å²) in [7, 11) is 0. The number of ether oxygens (including phenoxy) is 1. The van der Waals surface area contributed by atoms with Gasteiger partial charge in [0.25, 0.3) is 5.91 Å². The average Bonchev–Trinajstić information content (AvgIpc) is 3.47. The molecular formula is C34H34F3N3O6S2. The van der Waals surface area contributed by atoms with E-state index in [1.807, 2.05) is 80.6 Å². The van der Waals surface area contributed by atoms with E-state index in [0.29, 0.717) is 24.6 Å². The monoisotopic (exact) mass is 701 g/mol. The molecule has 2 heterocycles. The molecule has 3 N–H and O–H groups in total. The summed E-state index contributed by atoms with van der Waals surface area (Å²) in [6.07, 6.45) is -5.08. The van der Waals surface area contributed by atoms with Gasteiger partial charge in [-0.1, -0.05) is 35.9 Å². The predicted octanol–water partition coefficient (Wildman–Crippen LogP) is 7.77. The molecule has 1 fully saturated rings. The number of carbonyl (C=O) groups is 3. The molecule has 1 amide bonds. The molecule has 0 unspecified atom stereocenters. The fraction of sp³-hybridized carbons (Fsp3) is 0.294. The van der Waals surface area contributed by atoms with Crippen molar-refractivity contribution in [2.45, 2.75) is 43.5 Å². The van der Waals surface area contributed by atoms with E-state index in [1.165, 1.54) is 23.1 Å². The number of rotatable bonds is 8. The van der Waals surface area contributed by atoms with Gasteiger partial charge < -0.3 is 25.2 Å². The van der Waals surface area contributed by atoms with Crippen LogP contribution in [0.25, 0.3) is 21.0 Å². The largest absolute Gasteiger partial charge is 0.490 e. The van der Waals surface area contributed by atoms with Gasteiger partial charge in [0.15, 0.2) is 0 Å². The van der Waals surface area contributed by atoms with Crippen molar-refractivity contribution in [2.75, 3.05) is 36.5 Å². The highest BCUT2D eigenvalue weighted by molar-refractivity contribution is 8.01. The molecule has 1 aliphatic rings. The van der Waals surface area contributed by atoms with Crippen LogP contribution in [-0.2, 0) is 14.3 Å². The van der Waals surface area contributed by atoms with Gasteiger partial charge in [-0.3, -0.25) is 9.59 Å². The van der Waals surface area contributed by atoms with Gasteiger partial charge in [-0.2, -0.15) is 13.2 Å². The number of carboxylic acids is 2. The topological polar surface area (TPSA) is 129 Å². The zero-order chi connectivity index (χ0) is 35.2. The molecule has 48 heavy (non-hydrogen) atoms. The number of hydrogen-bond donors (Lipinski definition) is 3. The van der Waals surface area contributed by atoms with Crippen LogP contribution in [0.4, 0.5) is 24.5 Å². The van der Waals surface area contributed by atoms with Gasteiger partial charge in [0.1, 0.15) is 15.4 Å². The van der Waals surface area contributed by atoms with Gasteiger partial charge in [-0.25, -0.2) is 9.78 Å². The fourth-order valence-corrected chi connectivity index (χ4v) is 6.74. The number of aromatic nitrogens is 1. The Hall–Kier alpha value is -4.40. The average molecular weight is 702 g/mol. The van der Waals surface area contributed by atoms with Gasteiger partial charge in [0, 0.05) is 34.9 Å². The number of thiazole rings is 1. The van der Waals surface area contributed by atoms with Crippen molar-refractivity contribution in [3.8, 4) is 21.0 Å². The maximum absolute atomic E-state index is 13.6. The summed E-state index contributed by atoms with van der Waals surface area (Å²) in [5.74, 6) is -3.89. The molecule has 0 bridgehead atoms. The number of anilines is 2. The molecule has 0 aliphatic carbocycles. The Bertz CT molecular complexity index is 1770. The molecule has 254 valence electrons. The first-order valence-corrected chi connectivity index (χ1v) is 16.3. The Labute approximate surface area is 283 Å². The highest BCUT2D eigenvalue weighted by Gasteiger charge is 2.38. The number of carbonyl (C=O) groups excluding carboxylic acids is 1. The summed E-state index contributed by atoms with van der Waals surface area (Å²) >= 11 is 2.78. The number of nitrogens with one attached hydrogen (secondary N) is 1. The molecule has 9 nitrogen and oxygen atoms in total. The molecule has 4 aromatic rings. The van der Waals surface area contributed by atoms with E-state index in [1.54, 1.807) is 13.8 Å². The van der Waals surface area contributed by atoms with Crippen molar-refractivity contribution in [3.63, 3.8) is 0 Å². The number of hydrogen-bond acceptors (Lipinski definition) is 8. The molecule has 1 aromatic heterocycles. The smallest absolute Gasteiger partial charge is 0.480 e. The second kappa shape index (κ2) is 15.2. The van der Waals surface area contributed by atoms with Gasteiger partial charge in [0.05, 0.1) is 18.1 Å². The molecule has 0 atom stereocenters. The summed E-state index contributed by atoms with van der Waals surface area (Å²) in [5.41, 5.74) is 6.12. The highest BCUT2D eigenvalue weighted by Crippen LogP contribution is 2.40. The van der Waals surface area contributed by atoms with Crippen LogP contribution in [0.15, 0.2) is 71.6 Å². The first kappa shape index (κ1) is 36.4. The van der Waals surface area contributed by atoms with Crippen LogP contribution in [0.1, 0.15) is 35.5 Å². The third-order valence-electron chi connectivity index (χ3n) is 7.22. The predicted molar refractivity (Wildman–Crippen MR) is 181 cm³/mol. The van der Waals surface area contributed by atoms with Gasteiger partial charge in [-0.15, -0.1) is 23.1 Å². The van der Waals surface area contributed by atoms with Crippen molar-refractivity contribution >= 4 is 52.3 Å². The van der Waals surface area contributed by atoms with E-state index in [2.05, 4.69) is 10.2 Å². The number of aliphatic carboxylic acids is 2. The number of nitrogens with zero attached hydrogens (tertiary/aromatic N) is 2. The number of halogens is 3. The normalized spacial score (nSPS) is 13.4. The standard InChI is InChI=1S/C32H33N3O4S2.C2HF3O2/c1-20-5-7-22(8-6-20)28-27(29(36)33-23-9-11-24(12-10-23)35-15-17-39-18-16-35)34-30(40-28)26-14-13-25(19-21(26)2)41-32(3,4)31(37)38;3-2(4,5)1(6)7/h5-14,19H,15-18H2,1-4H3,(H,33,36)(H,37,38);(H,6,7). The first-order chi connectivity index (χ1) is 22.5. The number of alkyl halides is 3. The van der Waals surface area contributed by atoms with E-state index >= 15 is 0 Å². The van der Waals surface area contributed by atoms with Crippen molar-refractivity contribution in [1.82, 2.24) is 4.98 Å². The minimum absolute atomic E-state index is 0.268. The van der Waals surface area contributed by atoms with E-state index < -0.39 is 22.9 Å². The molecular weight excluding hydrogens is 668 g/mol. The summed E-state index contributed by atoms with van der Waals surface area (Å²) < 4.78 is 36.2. The Kier molecular flexibility index (Phi) is 11.6. The summed E-state index contributed by atoms with van der Waals surface area (Å²) in [6.45, 7) is 10.5. The minimum Gasteiger partial charge on any atom is -0.480 e. The van der Waals surface area contributed by atoms with E-state index in [9.17, 15) is 27.9 Å². The Morgan fingerprint density at radius 2 is 1.52 bits per heavy atom. The van der Waals surface area contributed by atoms with Crippen LogP contribution < -0.4 is 10.2 Å². The van der Waals surface area contributed by atoms with Crippen molar-refractivity contribution in [2.24, 2.45) is 0 Å². The van der Waals surface area contributed by atoms with Crippen LogP contribution in [0, 0.1) is 13.8 Å². The van der Waals surface area contributed by atoms with Crippen LogP contribution >= 0.6 is 23.1 Å². The summed E-state index contributed by atoms with van der Waals surface area (Å²) in [4.78, 5) is 42.9. The molecule has 3 aromatic carbocycles. The first-order valence-electron chi connectivity index (χ1n) is 14.7. The van der Waals surface area contributed by atoms with Crippen LogP contribution in [0.5, 0.6) is 0 Å². The van der Waals surface area contributed by atoms with Crippen molar-refractivity contribution < 1.29 is 42.5 Å². The number of benzene rings is 3. The van der Waals surface area contributed by atoms with E-state index in [4.69, 9.17) is 19.6 Å². The quantitative estimate of drug-likeness (QED) is 0.158. The lowest BCUT2D eigenvalue weighted by Crippen LogP contribution is -2.36. The fourth-order valence-electron chi connectivity index (χ4n) is 4.54. The van der Waals surface area contributed by atoms with Gasteiger partial charge in [-0.05, 0) is 75.2 Å². The zero-order valence-corrected chi connectivity index (χ0v) is 28.2. The minimum atomic E-state index is -5.08. The lowest BCUT2D eigenvalue weighted by molar-refractivity contribution is -0.192. The third-order valence-corrected chi connectivity index (χ3v) is 9.53. The summed E-state index contributed by atoms with van der Waals surface area (Å²) in [6, 6.07) is 21.8. The van der Waals surface area contributed by atoms with Gasteiger partial charge in [0.2, 0.25) is 0 Å². The molecule has 5 rings (SSSR count). The lowest BCUT2D eigenvalue weighted by Gasteiger charge is -2.28.